The molecule has 0 spiro atoms. The third kappa shape index (κ3) is 5.11. The Bertz CT molecular complexity index is 1030. The highest BCUT2D eigenvalue weighted by atomic mass is 35.5. The molecule has 1 aliphatic carbocycles. The second kappa shape index (κ2) is 9.53. The van der Waals surface area contributed by atoms with E-state index >= 15 is 0 Å². The number of alkyl halides is 3. The molecule has 0 aromatic heterocycles. The highest BCUT2D eigenvalue weighted by Gasteiger charge is 2.67. The van der Waals surface area contributed by atoms with Crippen molar-refractivity contribution >= 4 is 63.9 Å². The van der Waals surface area contributed by atoms with E-state index in [0.717, 1.165) is 11.1 Å². The first-order valence-electron chi connectivity index (χ1n) is 9.67. The summed E-state index contributed by atoms with van der Waals surface area (Å²) in [7, 11) is 0. The van der Waals surface area contributed by atoms with Crippen molar-refractivity contribution in [1.29, 1.82) is 0 Å². The van der Waals surface area contributed by atoms with Gasteiger partial charge >= 0.3 is 0 Å². The Morgan fingerprint density at radius 1 is 1.16 bits per heavy atom. The van der Waals surface area contributed by atoms with Gasteiger partial charge < -0.3 is 10.6 Å². The van der Waals surface area contributed by atoms with E-state index in [0.29, 0.717) is 35.7 Å². The van der Waals surface area contributed by atoms with Gasteiger partial charge in [-0.15, -0.1) is 34.8 Å². The molecular formula is C22H21Cl4FN2O2. The van der Waals surface area contributed by atoms with Crippen LogP contribution in [0.15, 0.2) is 30.3 Å². The fraction of sp³-hybridized carbons (Fsp3) is 0.364. The lowest BCUT2D eigenvalue weighted by molar-refractivity contribution is -0.117. The maximum Gasteiger partial charge on any atom is 0.251 e. The zero-order valence-corrected chi connectivity index (χ0v) is 19.9. The monoisotopic (exact) mass is 504 g/mol. The molecule has 1 fully saturated rings. The molecule has 4 nitrogen and oxygen atoms in total. The number of aryl methyl sites for hydroxylation is 1. The molecule has 0 saturated heterocycles. The van der Waals surface area contributed by atoms with E-state index in [9.17, 15) is 14.0 Å². The van der Waals surface area contributed by atoms with Gasteiger partial charge in [0.05, 0.1) is 10.9 Å². The van der Waals surface area contributed by atoms with Crippen LogP contribution in [-0.2, 0) is 4.79 Å². The van der Waals surface area contributed by atoms with E-state index in [1.807, 2.05) is 13.8 Å². The van der Waals surface area contributed by atoms with Gasteiger partial charge in [0.25, 0.3) is 5.91 Å². The molecule has 2 aromatic rings. The van der Waals surface area contributed by atoms with Crippen molar-refractivity contribution in [3.8, 4) is 0 Å². The molecular weight excluding hydrogens is 485 g/mol. The number of carbonyl (C=O) groups is 2. The van der Waals surface area contributed by atoms with Crippen LogP contribution >= 0.6 is 46.4 Å². The molecule has 2 aromatic carbocycles. The van der Waals surface area contributed by atoms with Gasteiger partial charge in [-0.1, -0.05) is 17.7 Å². The summed E-state index contributed by atoms with van der Waals surface area (Å²) in [5.74, 6) is -2.02. The molecule has 2 N–H and O–H groups in total. The van der Waals surface area contributed by atoms with Crippen LogP contribution in [0.25, 0.3) is 0 Å². The zero-order valence-electron chi connectivity index (χ0n) is 16.9. The molecule has 9 heteroatoms. The lowest BCUT2D eigenvalue weighted by Gasteiger charge is -2.13. The number of hydrogen-bond acceptors (Lipinski definition) is 2. The van der Waals surface area contributed by atoms with Gasteiger partial charge in [-0.3, -0.25) is 9.59 Å². The zero-order chi connectivity index (χ0) is 22.9. The number of halogens is 5. The number of anilines is 1. The van der Waals surface area contributed by atoms with Crippen molar-refractivity contribution in [2.24, 2.45) is 5.92 Å². The van der Waals surface area contributed by atoms with Crippen LogP contribution in [0.1, 0.15) is 39.4 Å². The topological polar surface area (TPSA) is 58.2 Å². The van der Waals surface area contributed by atoms with E-state index < -0.39 is 27.9 Å². The van der Waals surface area contributed by atoms with Crippen LogP contribution in [0.4, 0.5) is 10.1 Å². The standard InChI is InChI=1S/C22H21Cl4FN2O2/c1-11-8-14(10-15(12(11)2)20(30)28-7-3-6-23)29-21(31)19-18(22(19,25)26)13-4-5-17(27)16(24)9-13/h4-5,8-10,18-19H,3,6-7H2,1-2H3,(H,28,30)(H,29,31). The fourth-order valence-electron chi connectivity index (χ4n) is 3.52. The molecule has 2 atom stereocenters. The van der Waals surface area contributed by atoms with Gasteiger partial charge in [-0.05, 0) is 61.2 Å². The number of hydrogen-bond donors (Lipinski definition) is 2. The van der Waals surface area contributed by atoms with Gasteiger partial charge in [0.15, 0.2) is 0 Å². The molecule has 2 unspecified atom stereocenters. The maximum absolute atomic E-state index is 13.5. The number of benzene rings is 2. The summed E-state index contributed by atoms with van der Waals surface area (Å²) in [5.41, 5.74) is 3.17. The van der Waals surface area contributed by atoms with Gasteiger partial charge in [-0.2, -0.15) is 0 Å². The Morgan fingerprint density at radius 3 is 2.52 bits per heavy atom. The van der Waals surface area contributed by atoms with Gasteiger partial charge in [-0.25, -0.2) is 4.39 Å². The minimum atomic E-state index is -1.34. The van der Waals surface area contributed by atoms with Crippen LogP contribution in [0.2, 0.25) is 5.02 Å². The van der Waals surface area contributed by atoms with E-state index in [-0.39, 0.29) is 10.9 Å². The fourth-order valence-corrected chi connectivity index (χ4v) is 4.68. The molecule has 0 heterocycles. The van der Waals surface area contributed by atoms with Crippen molar-refractivity contribution in [2.75, 3.05) is 17.7 Å². The summed E-state index contributed by atoms with van der Waals surface area (Å²) in [6.45, 7) is 4.16. The van der Waals surface area contributed by atoms with E-state index in [2.05, 4.69) is 10.6 Å². The van der Waals surface area contributed by atoms with Crippen LogP contribution in [0, 0.1) is 25.6 Å². The largest absolute Gasteiger partial charge is 0.352 e. The van der Waals surface area contributed by atoms with Crippen LogP contribution in [0.5, 0.6) is 0 Å². The number of carbonyl (C=O) groups excluding carboxylic acids is 2. The third-order valence-corrected chi connectivity index (χ3v) is 6.91. The summed E-state index contributed by atoms with van der Waals surface area (Å²) >= 11 is 24.2. The van der Waals surface area contributed by atoms with Crippen LogP contribution in [0.3, 0.4) is 0 Å². The van der Waals surface area contributed by atoms with Gasteiger partial charge in [0, 0.05) is 29.6 Å². The number of amides is 2. The molecule has 0 radical (unpaired) electrons. The van der Waals surface area contributed by atoms with Crippen molar-refractivity contribution in [1.82, 2.24) is 5.32 Å². The van der Waals surface area contributed by atoms with Crippen LogP contribution in [-0.4, -0.2) is 28.6 Å². The second-order valence-corrected chi connectivity index (χ2v) is 9.79. The SMILES string of the molecule is Cc1cc(NC(=O)C2C(c3ccc(F)c(Cl)c3)C2(Cl)Cl)cc(C(=O)NCCCCl)c1C. The minimum absolute atomic E-state index is 0.0633. The van der Waals surface area contributed by atoms with Crippen molar-refractivity contribution in [3.05, 3.63) is 63.4 Å². The number of rotatable bonds is 7. The first-order valence-corrected chi connectivity index (χ1v) is 11.3. The molecule has 1 saturated carbocycles. The van der Waals surface area contributed by atoms with E-state index in [4.69, 9.17) is 46.4 Å². The molecule has 0 aliphatic heterocycles. The Labute approximate surface area is 200 Å². The van der Waals surface area contributed by atoms with Gasteiger partial charge in [0.1, 0.15) is 10.2 Å². The molecule has 166 valence electrons. The summed E-state index contributed by atoms with van der Waals surface area (Å²) < 4.78 is 12.1. The predicted molar refractivity (Wildman–Crippen MR) is 124 cm³/mol. The lowest BCUT2D eigenvalue weighted by atomic mass is 10.0. The Kier molecular flexibility index (Phi) is 7.42. The Balaban J connectivity index is 1.78. The van der Waals surface area contributed by atoms with Gasteiger partial charge in [0.2, 0.25) is 5.91 Å². The van der Waals surface area contributed by atoms with Crippen molar-refractivity contribution in [3.63, 3.8) is 0 Å². The molecule has 0 bridgehead atoms. The molecule has 31 heavy (non-hydrogen) atoms. The first kappa shape index (κ1) is 24.1. The van der Waals surface area contributed by atoms with E-state index in [1.54, 1.807) is 12.1 Å². The normalized spacial score (nSPS) is 19.1. The van der Waals surface area contributed by atoms with Crippen molar-refractivity contribution < 1.29 is 14.0 Å². The average Bonchev–Trinajstić information content (AvgIpc) is 3.28. The quantitative estimate of drug-likeness (QED) is 0.359. The summed E-state index contributed by atoms with van der Waals surface area (Å²) in [6.07, 6.45) is 0.658. The lowest BCUT2D eigenvalue weighted by Crippen LogP contribution is -2.26. The van der Waals surface area contributed by atoms with Crippen LogP contribution < -0.4 is 10.6 Å². The van der Waals surface area contributed by atoms with Crippen molar-refractivity contribution in [2.45, 2.75) is 30.5 Å². The maximum atomic E-state index is 13.5. The highest BCUT2D eigenvalue weighted by Crippen LogP contribution is 2.65. The molecule has 2 amide bonds. The van der Waals surface area contributed by atoms with E-state index in [1.165, 1.54) is 18.2 Å². The highest BCUT2D eigenvalue weighted by molar-refractivity contribution is 6.53. The molecule has 3 rings (SSSR count). The number of nitrogens with one attached hydrogen (secondary N) is 2. The minimum Gasteiger partial charge on any atom is -0.352 e. The average molecular weight is 506 g/mol. The third-order valence-electron chi connectivity index (χ3n) is 5.41. The predicted octanol–water partition coefficient (Wildman–Crippen LogP) is 5.98. The Hall–Kier alpha value is -1.53. The Morgan fingerprint density at radius 2 is 1.87 bits per heavy atom. The smallest absolute Gasteiger partial charge is 0.251 e. The second-order valence-electron chi connectivity index (χ2n) is 7.56. The summed E-state index contributed by atoms with van der Waals surface area (Å²) in [6, 6.07) is 7.55. The summed E-state index contributed by atoms with van der Waals surface area (Å²) in [5, 5.41) is 5.55. The molecule has 1 aliphatic rings. The first-order chi connectivity index (χ1) is 14.6. The summed E-state index contributed by atoms with van der Waals surface area (Å²) in [4.78, 5) is 25.4.